The number of pyridine rings is 1. The van der Waals surface area contributed by atoms with E-state index in [-0.39, 0.29) is 0 Å². The van der Waals surface area contributed by atoms with Crippen LogP contribution in [-0.4, -0.2) is 24.1 Å². The van der Waals surface area contributed by atoms with Gasteiger partial charge in [0, 0.05) is 12.1 Å². The first-order valence-electron chi connectivity index (χ1n) is 5.70. The molecule has 1 aliphatic heterocycles. The molecular weight excluding hydrogens is 240 g/mol. The predicted octanol–water partition coefficient (Wildman–Crippen LogP) is 1.87. The zero-order chi connectivity index (χ0) is 12.4. The van der Waals surface area contributed by atoms with Crippen LogP contribution in [0, 0.1) is 6.92 Å². The summed E-state index contributed by atoms with van der Waals surface area (Å²) in [5.41, 5.74) is 2.95. The molecule has 0 spiro atoms. The minimum absolute atomic E-state index is 0.333. The summed E-state index contributed by atoms with van der Waals surface area (Å²) in [7, 11) is 0. The molecule has 0 fully saturated rings. The Bertz CT molecular complexity index is 460. The second-order valence-corrected chi connectivity index (χ2v) is 4.35. The number of nitrogens with zero attached hydrogens (tertiary/aromatic N) is 1. The standard InChI is InChI=1S/C12H15ClN2O2/c1-3-17-12(16)11-7(2)10(13)8-4-5-14-6-9(8)15-11/h14H,3-6H2,1-2H3. The number of carbonyl (C=O) groups is 1. The summed E-state index contributed by atoms with van der Waals surface area (Å²) in [5, 5.41) is 3.86. The van der Waals surface area contributed by atoms with Crippen molar-refractivity contribution in [1.82, 2.24) is 10.3 Å². The Hall–Kier alpha value is -1.13. The first kappa shape index (κ1) is 12.3. The number of fused-ring (bicyclic) bond motifs is 1. The topological polar surface area (TPSA) is 51.2 Å². The van der Waals surface area contributed by atoms with Crippen molar-refractivity contribution in [3.05, 3.63) is 27.5 Å². The molecule has 0 aliphatic carbocycles. The molecule has 0 saturated carbocycles. The van der Waals surface area contributed by atoms with E-state index in [4.69, 9.17) is 16.3 Å². The van der Waals surface area contributed by atoms with Gasteiger partial charge in [0.1, 0.15) is 0 Å². The molecule has 0 saturated heterocycles. The van der Waals surface area contributed by atoms with E-state index in [0.29, 0.717) is 29.4 Å². The second-order valence-electron chi connectivity index (χ2n) is 3.97. The first-order valence-corrected chi connectivity index (χ1v) is 6.08. The Kier molecular flexibility index (Phi) is 3.64. The van der Waals surface area contributed by atoms with Crippen LogP contribution in [0.25, 0.3) is 0 Å². The molecule has 1 aliphatic rings. The molecule has 2 rings (SSSR count). The van der Waals surface area contributed by atoms with E-state index in [9.17, 15) is 4.79 Å². The first-order chi connectivity index (χ1) is 8.15. The van der Waals surface area contributed by atoms with E-state index in [1.165, 1.54) is 0 Å². The minimum atomic E-state index is -0.403. The van der Waals surface area contributed by atoms with Gasteiger partial charge in [0.05, 0.1) is 17.3 Å². The summed E-state index contributed by atoms with van der Waals surface area (Å²) >= 11 is 6.28. The number of esters is 1. The number of carbonyl (C=O) groups excluding carboxylic acids is 1. The van der Waals surface area contributed by atoms with E-state index < -0.39 is 5.97 Å². The summed E-state index contributed by atoms with van der Waals surface area (Å²) < 4.78 is 4.97. The molecule has 0 atom stereocenters. The summed E-state index contributed by atoms with van der Waals surface area (Å²) in [4.78, 5) is 16.1. The molecule has 5 heteroatoms. The highest BCUT2D eigenvalue weighted by Crippen LogP contribution is 2.27. The van der Waals surface area contributed by atoms with E-state index in [1.54, 1.807) is 6.92 Å². The molecule has 0 aromatic carbocycles. The monoisotopic (exact) mass is 254 g/mol. The normalized spacial score (nSPS) is 14.3. The molecule has 0 bridgehead atoms. The van der Waals surface area contributed by atoms with E-state index in [1.807, 2.05) is 6.92 Å². The van der Waals surface area contributed by atoms with Crippen LogP contribution in [0.5, 0.6) is 0 Å². The average Bonchev–Trinajstić information content (AvgIpc) is 2.34. The van der Waals surface area contributed by atoms with Crippen LogP contribution in [0.4, 0.5) is 0 Å². The summed E-state index contributed by atoms with van der Waals surface area (Å²) in [6, 6.07) is 0. The highest BCUT2D eigenvalue weighted by atomic mass is 35.5. The van der Waals surface area contributed by atoms with Gasteiger partial charge in [-0.25, -0.2) is 9.78 Å². The molecule has 1 aromatic heterocycles. The van der Waals surface area contributed by atoms with Crippen molar-refractivity contribution in [1.29, 1.82) is 0 Å². The molecule has 2 heterocycles. The van der Waals surface area contributed by atoms with Gasteiger partial charge in [0.2, 0.25) is 0 Å². The fourth-order valence-electron chi connectivity index (χ4n) is 1.96. The quantitative estimate of drug-likeness (QED) is 0.819. The van der Waals surface area contributed by atoms with Crippen LogP contribution in [0.1, 0.15) is 34.2 Å². The summed E-state index contributed by atoms with van der Waals surface area (Å²) in [5.74, 6) is -0.403. The van der Waals surface area contributed by atoms with Crippen LogP contribution in [0.3, 0.4) is 0 Å². The number of hydrogen-bond acceptors (Lipinski definition) is 4. The van der Waals surface area contributed by atoms with Crippen molar-refractivity contribution >= 4 is 17.6 Å². The number of aromatic nitrogens is 1. The van der Waals surface area contributed by atoms with Gasteiger partial charge in [-0.3, -0.25) is 0 Å². The molecule has 92 valence electrons. The van der Waals surface area contributed by atoms with Crippen molar-refractivity contribution in [3.63, 3.8) is 0 Å². The Morgan fingerprint density at radius 3 is 3.06 bits per heavy atom. The Morgan fingerprint density at radius 2 is 2.35 bits per heavy atom. The number of nitrogens with one attached hydrogen (secondary N) is 1. The zero-order valence-electron chi connectivity index (χ0n) is 9.97. The largest absolute Gasteiger partial charge is 0.461 e. The molecular formula is C12H15ClN2O2. The second kappa shape index (κ2) is 5.02. The lowest BCUT2D eigenvalue weighted by atomic mass is 10.0. The smallest absolute Gasteiger partial charge is 0.357 e. The summed E-state index contributed by atoms with van der Waals surface area (Å²) in [6.45, 7) is 5.47. The van der Waals surface area contributed by atoms with E-state index >= 15 is 0 Å². The predicted molar refractivity (Wildman–Crippen MR) is 65.4 cm³/mol. The highest BCUT2D eigenvalue weighted by Gasteiger charge is 2.22. The van der Waals surface area contributed by atoms with Crippen LogP contribution >= 0.6 is 11.6 Å². The Labute approximate surface area is 105 Å². The van der Waals surface area contributed by atoms with Gasteiger partial charge in [-0.15, -0.1) is 0 Å². The molecule has 0 radical (unpaired) electrons. The van der Waals surface area contributed by atoms with Crippen molar-refractivity contribution in [2.75, 3.05) is 13.2 Å². The number of hydrogen-bond donors (Lipinski definition) is 1. The molecule has 0 unspecified atom stereocenters. The van der Waals surface area contributed by atoms with E-state index in [2.05, 4.69) is 10.3 Å². The maximum absolute atomic E-state index is 11.7. The van der Waals surface area contributed by atoms with Crippen molar-refractivity contribution in [3.8, 4) is 0 Å². The van der Waals surface area contributed by atoms with Gasteiger partial charge in [0.15, 0.2) is 5.69 Å². The Morgan fingerprint density at radius 1 is 1.59 bits per heavy atom. The van der Waals surface area contributed by atoms with Gasteiger partial charge in [-0.2, -0.15) is 0 Å². The third-order valence-corrected chi connectivity index (χ3v) is 3.37. The SMILES string of the molecule is CCOC(=O)c1nc2c(c(Cl)c1C)CCNC2. The lowest BCUT2D eigenvalue weighted by molar-refractivity contribution is 0.0518. The van der Waals surface area contributed by atoms with Gasteiger partial charge in [-0.05, 0) is 32.4 Å². The third kappa shape index (κ3) is 2.28. The molecule has 1 aromatic rings. The van der Waals surface area contributed by atoms with Crippen molar-refractivity contribution in [2.45, 2.75) is 26.8 Å². The van der Waals surface area contributed by atoms with E-state index in [0.717, 1.165) is 24.2 Å². The Balaban J connectivity index is 2.47. The highest BCUT2D eigenvalue weighted by molar-refractivity contribution is 6.32. The minimum Gasteiger partial charge on any atom is -0.461 e. The van der Waals surface area contributed by atoms with Crippen molar-refractivity contribution in [2.24, 2.45) is 0 Å². The number of rotatable bonds is 2. The van der Waals surface area contributed by atoms with Crippen LogP contribution < -0.4 is 5.32 Å². The van der Waals surface area contributed by atoms with Crippen LogP contribution in [-0.2, 0) is 17.7 Å². The molecule has 0 amide bonds. The van der Waals surface area contributed by atoms with Gasteiger partial charge < -0.3 is 10.1 Å². The maximum atomic E-state index is 11.7. The fraction of sp³-hybridized carbons (Fsp3) is 0.500. The molecule has 17 heavy (non-hydrogen) atoms. The lowest BCUT2D eigenvalue weighted by Gasteiger charge is -2.20. The van der Waals surface area contributed by atoms with Crippen molar-refractivity contribution < 1.29 is 9.53 Å². The van der Waals surface area contributed by atoms with Gasteiger partial charge in [0.25, 0.3) is 0 Å². The lowest BCUT2D eigenvalue weighted by Crippen LogP contribution is -2.26. The summed E-state index contributed by atoms with van der Waals surface area (Å²) in [6.07, 6.45) is 0.852. The molecule has 1 N–H and O–H groups in total. The molecule has 4 nitrogen and oxygen atoms in total. The van der Waals surface area contributed by atoms with Gasteiger partial charge in [-0.1, -0.05) is 11.6 Å². The zero-order valence-corrected chi connectivity index (χ0v) is 10.7. The van der Waals surface area contributed by atoms with Gasteiger partial charge >= 0.3 is 5.97 Å². The average molecular weight is 255 g/mol. The van der Waals surface area contributed by atoms with Crippen LogP contribution in [0.2, 0.25) is 5.02 Å². The third-order valence-electron chi connectivity index (χ3n) is 2.86. The fourth-order valence-corrected chi connectivity index (χ4v) is 2.25. The number of ether oxygens (including phenoxy) is 1. The maximum Gasteiger partial charge on any atom is 0.357 e. The number of halogens is 1. The van der Waals surface area contributed by atoms with Crippen LogP contribution in [0.15, 0.2) is 0 Å².